The molecule has 0 aliphatic rings. The van der Waals surface area contributed by atoms with Crippen molar-refractivity contribution < 1.29 is 4.79 Å². The quantitative estimate of drug-likeness (QED) is 0.627. The van der Waals surface area contributed by atoms with Gasteiger partial charge < -0.3 is 5.32 Å². The zero-order valence-corrected chi connectivity index (χ0v) is 15.3. The first-order chi connectivity index (χ1) is 12.7. The average molecular weight is 368 g/mol. The Kier molecular flexibility index (Phi) is 5.91. The van der Waals surface area contributed by atoms with Crippen molar-refractivity contribution in [2.24, 2.45) is 0 Å². The van der Waals surface area contributed by atoms with E-state index in [9.17, 15) is 9.59 Å². The van der Waals surface area contributed by atoms with Gasteiger partial charge in [0.2, 0.25) is 5.91 Å². The zero-order valence-electron chi connectivity index (χ0n) is 14.4. The van der Waals surface area contributed by atoms with E-state index in [1.54, 1.807) is 4.57 Å². The maximum atomic E-state index is 12.4. The summed E-state index contributed by atoms with van der Waals surface area (Å²) in [4.78, 5) is 24.1. The SMILES string of the molecule is CCCn1c(SCC(=O)Nc2ccccc2-c2ccccc2)n[nH]c1=O. The minimum atomic E-state index is -0.246. The van der Waals surface area contributed by atoms with Crippen molar-refractivity contribution in [1.82, 2.24) is 14.8 Å². The first-order valence-electron chi connectivity index (χ1n) is 8.41. The van der Waals surface area contributed by atoms with E-state index in [2.05, 4.69) is 15.5 Å². The molecule has 0 fully saturated rings. The number of benzene rings is 2. The highest BCUT2D eigenvalue weighted by molar-refractivity contribution is 7.99. The van der Waals surface area contributed by atoms with Gasteiger partial charge in [-0.1, -0.05) is 67.2 Å². The van der Waals surface area contributed by atoms with Crippen molar-refractivity contribution >= 4 is 23.4 Å². The minimum absolute atomic E-state index is 0.142. The Balaban J connectivity index is 1.69. The molecule has 134 valence electrons. The normalized spacial score (nSPS) is 10.7. The van der Waals surface area contributed by atoms with E-state index < -0.39 is 0 Å². The molecule has 1 heterocycles. The van der Waals surface area contributed by atoms with Crippen LogP contribution in [0.5, 0.6) is 0 Å². The maximum absolute atomic E-state index is 12.4. The van der Waals surface area contributed by atoms with Gasteiger partial charge in [-0.3, -0.25) is 9.36 Å². The Hall–Kier alpha value is -2.80. The van der Waals surface area contributed by atoms with Crippen LogP contribution < -0.4 is 11.0 Å². The second-order valence-electron chi connectivity index (χ2n) is 5.71. The molecule has 0 saturated carbocycles. The second-order valence-corrected chi connectivity index (χ2v) is 6.65. The van der Waals surface area contributed by atoms with E-state index in [-0.39, 0.29) is 17.3 Å². The van der Waals surface area contributed by atoms with E-state index >= 15 is 0 Å². The fraction of sp³-hybridized carbons (Fsp3) is 0.211. The zero-order chi connectivity index (χ0) is 18.4. The highest BCUT2D eigenvalue weighted by atomic mass is 32.2. The number of thioether (sulfide) groups is 1. The molecule has 26 heavy (non-hydrogen) atoms. The van der Waals surface area contributed by atoms with Crippen LogP contribution in [-0.4, -0.2) is 26.4 Å². The molecule has 2 N–H and O–H groups in total. The molecule has 0 unspecified atom stereocenters. The molecule has 6 nitrogen and oxygen atoms in total. The molecule has 0 aliphatic carbocycles. The standard InChI is InChI=1S/C19H20N4O2S/c1-2-12-23-18(25)21-22-19(23)26-13-17(24)20-16-11-7-6-10-15(16)14-8-4-3-5-9-14/h3-11H,2,12-13H2,1H3,(H,20,24)(H,21,25). The third-order valence-electron chi connectivity index (χ3n) is 3.79. The van der Waals surface area contributed by atoms with Gasteiger partial charge in [-0.2, -0.15) is 0 Å². The number of amides is 1. The van der Waals surface area contributed by atoms with Crippen LogP contribution in [0.2, 0.25) is 0 Å². The van der Waals surface area contributed by atoms with Gasteiger partial charge in [0.05, 0.1) is 5.75 Å². The third kappa shape index (κ3) is 4.23. The predicted molar refractivity (Wildman–Crippen MR) is 104 cm³/mol. The Morgan fingerprint density at radius 3 is 2.65 bits per heavy atom. The number of para-hydroxylation sites is 1. The lowest BCUT2D eigenvalue weighted by Crippen LogP contribution is -2.18. The van der Waals surface area contributed by atoms with Crippen LogP contribution in [0.4, 0.5) is 5.69 Å². The number of carbonyl (C=O) groups is 1. The fourth-order valence-electron chi connectivity index (χ4n) is 2.61. The van der Waals surface area contributed by atoms with Gasteiger partial charge in [0, 0.05) is 17.8 Å². The number of hydrogen-bond acceptors (Lipinski definition) is 4. The summed E-state index contributed by atoms with van der Waals surface area (Å²) in [5, 5.41) is 9.90. The maximum Gasteiger partial charge on any atom is 0.343 e. The monoisotopic (exact) mass is 368 g/mol. The molecule has 0 radical (unpaired) electrons. The van der Waals surface area contributed by atoms with Crippen molar-refractivity contribution in [1.29, 1.82) is 0 Å². The molecular formula is C19H20N4O2S. The van der Waals surface area contributed by atoms with Crippen molar-refractivity contribution in [2.45, 2.75) is 25.0 Å². The van der Waals surface area contributed by atoms with Gasteiger partial charge in [0.25, 0.3) is 0 Å². The van der Waals surface area contributed by atoms with Gasteiger partial charge >= 0.3 is 5.69 Å². The van der Waals surface area contributed by atoms with Crippen LogP contribution in [0.1, 0.15) is 13.3 Å². The Bertz CT molecular complexity index is 934. The molecule has 1 aromatic heterocycles. The van der Waals surface area contributed by atoms with Gasteiger partial charge in [-0.25, -0.2) is 9.89 Å². The van der Waals surface area contributed by atoms with Crippen LogP contribution in [0.15, 0.2) is 64.5 Å². The minimum Gasteiger partial charge on any atom is -0.325 e. The largest absolute Gasteiger partial charge is 0.343 e. The topological polar surface area (TPSA) is 79.8 Å². The van der Waals surface area contributed by atoms with E-state index in [1.807, 2.05) is 61.5 Å². The number of hydrogen-bond donors (Lipinski definition) is 2. The van der Waals surface area contributed by atoms with Gasteiger partial charge in [-0.05, 0) is 18.1 Å². The highest BCUT2D eigenvalue weighted by Crippen LogP contribution is 2.27. The number of nitrogens with zero attached hydrogens (tertiary/aromatic N) is 2. The van der Waals surface area contributed by atoms with E-state index in [0.717, 1.165) is 23.2 Å². The summed E-state index contributed by atoms with van der Waals surface area (Å²) in [6.45, 7) is 2.57. The summed E-state index contributed by atoms with van der Waals surface area (Å²) in [5.74, 6) is 0.0359. The average Bonchev–Trinajstić information content (AvgIpc) is 3.01. The van der Waals surface area contributed by atoms with Gasteiger partial charge in [-0.15, -0.1) is 5.10 Å². The Morgan fingerprint density at radius 2 is 1.88 bits per heavy atom. The van der Waals surface area contributed by atoms with Crippen molar-refractivity contribution in [3.63, 3.8) is 0 Å². The van der Waals surface area contributed by atoms with Crippen LogP contribution in [0.25, 0.3) is 11.1 Å². The summed E-state index contributed by atoms with van der Waals surface area (Å²) in [6, 6.07) is 17.6. The number of aromatic nitrogens is 3. The summed E-state index contributed by atoms with van der Waals surface area (Å²) in [6.07, 6.45) is 0.823. The lowest BCUT2D eigenvalue weighted by molar-refractivity contribution is -0.113. The molecule has 0 aliphatic heterocycles. The fourth-order valence-corrected chi connectivity index (χ4v) is 3.38. The van der Waals surface area contributed by atoms with Crippen molar-refractivity contribution in [3.05, 3.63) is 65.1 Å². The number of nitrogens with one attached hydrogen (secondary N) is 2. The van der Waals surface area contributed by atoms with Crippen molar-refractivity contribution in [3.8, 4) is 11.1 Å². The summed E-state index contributed by atoms with van der Waals surface area (Å²) >= 11 is 1.25. The summed E-state index contributed by atoms with van der Waals surface area (Å²) < 4.78 is 1.55. The van der Waals surface area contributed by atoms with Crippen molar-refractivity contribution in [2.75, 3.05) is 11.1 Å². The van der Waals surface area contributed by atoms with Gasteiger partial charge in [0.1, 0.15) is 0 Å². The number of rotatable bonds is 7. The third-order valence-corrected chi connectivity index (χ3v) is 4.77. The first-order valence-corrected chi connectivity index (χ1v) is 9.40. The molecule has 0 spiro atoms. The number of anilines is 1. The Labute approximate surface area is 155 Å². The van der Waals surface area contributed by atoms with E-state index in [1.165, 1.54) is 11.8 Å². The number of H-pyrrole nitrogens is 1. The summed E-state index contributed by atoms with van der Waals surface area (Å²) in [5.41, 5.74) is 2.52. The molecule has 3 rings (SSSR count). The van der Waals surface area contributed by atoms with Crippen LogP contribution in [0, 0.1) is 0 Å². The number of carbonyl (C=O) groups excluding carboxylic acids is 1. The van der Waals surface area contributed by atoms with E-state index in [4.69, 9.17) is 0 Å². The van der Waals surface area contributed by atoms with Crippen LogP contribution in [0.3, 0.4) is 0 Å². The number of aromatic amines is 1. The molecule has 7 heteroatoms. The molecule has 0 atom stereocenters. The smallest absolute Gasteiger partial charge is 0.325 e. The molecule has 2 aromatic carbocycles. The molecular weight excluding hydrogens is 348 g/mol. The Morgan fingerprint density at radius 1 is 1.15 bits per heavy atom. The lowest BCUT2D eigenvalue weighted by Gasteiger charge is -2.11. The molecule has 3 aromatic rings. The predicted octanol–water partition coefficient (Wildman–Crippen LogP) is 3.38. The van der Waals surface area contributed by atoms with E-state index in [0.29, 0.717) is 11.7 Å². The van der Waals surface area contributed by atoms with Crippen LogP contribution >= 0.6 is 11.8 Å². The lowest BCUT2D eigenvalue weighted by atomic mass is 10.0. The highest BCUT2D eigenvalue weighted by Gasteiger charge is 2.12. The van der Waals surface area contributed by atoms with Crippen LogP contribution in [-0.2, 0) is 11.3 Å². The molecule has 0 saturated heterocycles. The molecule has 1 amide bonds. The second kappa shape index (κ2) is 8.53. The summed E-state index contributed by atoms with van der Waals surface area (Å²) in [7, 11) is 0. The van der Waals surface area contributed by atoms with Gasteiger partial charge in [0.15, 0.2) is 5.16 Å². The first kappa shape index (κ1) is 18.0. The molecule has 0 bridgehead atoms.